The van der Waals surface area contributed by atoms with Crippen LogP contribution in [0.2, 0.25) is 0 Å². The van der Waals surface area contributed by atoms with Crippen LogP contribution in [0.3, 0.4) is 0 Å². The summed E-state index contributed by atoms with van der Waals surface area (Å²) in [6.07, 6.45) is 7.26. The van der Waals surface area contributed by atoms with Crippen LogP contribution < -0.4 is 5.73 Å². The van der Waals surface area contributed by atoms with E-state index in [0.717, 1.165) is 30.0 Å². The molecule has 3 rings (SSSR count). The Kier molecular flexibility index (Phi) is 3.54. The molecule has 6 nitrogen and oxygen atoms in total. The second-order valence-electron chi connectivity index (χ2n) is 5.09. The summed E-state index contributed by atoms with van der Waals surface area (Å²) >= 11 is 1.41. The number of hydrogen-bond donors (Lipinski definition) is 1. The van der Waals surface area contributed by atoms with Crippen molar-refractivity contribution in [2.45, 2.75) is 18.9 Å². The van der Waals surface area contributed by atoms with Gasteiger partial charge in [0.1, 0.15) is 9.88 Å². The van der Waals surface area contributed by atoms with Gasteiger partial charge in [-0.1, -0.05) is 0 Å². The molecule has 2 N–H and O–H groups in total. The molecule has 1 fully saturated rings. The van der Waals surface area contributed by atoms with Crippen molar-refractivity contribution in [2.24, 2.45) is 12.8 Å². The maximum Gasteiger partial charge on any atom is 0.265 e. The average molecular weight is 291 g/mol. The van der Waals surface area contributed by atoms with Crippen molar-refractivity contribution in [3.05, 3.63) is 23.5 Å². The second kappa shape index (κ2) is 5.34. The summed E-state index contributed by atoms with van der Waals surface area (Å²) in [7, 11) is 1.86. The van der Waals surface area contributed by atoms with Gasteiger partial charge >= 0.3 is 0 Å². The molecule has 0 bridgehead atoms. The van der Waals surface area contributed by atoms with Gasteiger partial charge in [0.25, 0.3) is 5.91 Å². The summed E-state index contributed by atoms with van der Waals surface area (Å²) in [6, 6.07) is 0.0958. The molecule has 0 aliphatic carbocycles. The van der Waals surface area contributed by atoms with Crippen LogP contribution in [0.15, 0.2) is 18.6 Å². The number of hydrogen-bond acceptors (Lipinski definition) is 5. The lowest BCUT2D eigenvalue weighted by atomic mass is 10.1. The Labute approximate surface area is 121 Å². The van der Waals surface area contributed by atoms with E-state index < -0.39 is 0 Å². The van der Waals surface area contributed by atoms with Crippen LogP contribution in [0.25, 0.3) is 10.6 Å². The van der Waals surface area contributed by atoms with E-state index in [-0.39, 0.29) is 11.9 Å². The van der Waals surface area contributed by atoms with Gasteiger partial charge in [-0.25, -0.2) is 4.98 Å². The molecule has 2 aromatic heterocycles. The highest BCUT2D eigenvalue weighted by atomic mass is 32.1. The number of aromatic nitrogens is 3. The van der Waals surface area contributed by atoms with Crippen molar-refractivity contribution in [3.63, 3.8) is 0 Å². The number of amides is 1. The molecule has 1 amide bonds. The molecule has 2 aromatic rings. The normalized spacial score (nSPS) is 19.3. The van der Waals surface area contributed by atoms with Gasteiger partial charge in [0.2, 0.25) is 0 Å². The first-order chi connectivity index (χ1) is 9.63. The number of rotatable bonds is 2. The smallest absolute Gasteiger partial charge is 0.265 e. The third kappa shape index (κ3) is 2.59. The first-order valence-corrected chi connectivity index (χ1v) is 7.45. The molecule has 7 heteroatoms. The molecule has 1 aliphatic heterocycles. The number of nitrogens with two attached hydrogens (primary N) is 1. The van der Waals surface area contributed by atoms with Crippen LogP contribution >= 0.6 is 11.3 Å². The molecule has 1 atom stereocenters. The van der Waals surface area contributed by atoms with E-state index in [0.29, 0.717) is 11.4 Å². The zero-order valence-corrected chi connectivity index (χ0v) is 12.1. The summed E-state index contributed by atoms with van der Waals surface area (Å²) in [5.74, 6) is 0.0350. The Morgan fingerprint density at radius 2 is 2.35 bits per heavy atom. The van der Waals surface area contributed by atoms with Crippen LogP contribution in [-0.2, 0) is 7.05 Å². The highest BCUT2D eigenvalue weighted by Gasteiger charge is 2.24. The lowest BCUT2D eigenvalue weighted by Crippen LogP contribution is -2.45. The predicted octanol–water partition coefficient (Wildman–Crippen LogP) is 1.11. The maximum atomic E-state index is 12.4. The Balaban J connectivity index is 1.77. The van der Waals surface area contributed by atoms with Crippen molar-refractivity contribution in [1.82, 2.24) is 19.7 Å². The van der Waals surface area contributed by atoms with E-state index in [1.54, 1.807) is 17.1 Å². The molecule has 0 unspecified atom stereocenters. The highest BCUT2D eigenvalue weighted by molar-refractivity contribution is 7.16. The second-order valence-corrected chi connectivity index (χ2v) is 6.12. The number of thiazole rings is 1. The number of likely N-dealkylation sites (tertiary alicyclic amines) is 1. The minimum atomic E-state index is 0.0350. The summed E-state index contributed by atoms with van der Waals surface area (Å²) in [4.78, 5) is 19.2. The van der Waals surface area contributed by atoms with Gasteiger partial charge in [-0.3, -0.25) is 9.48 Å². The summed E-state index contributed by atoms with van der Waals surface area (Å²) in [6.45, 7) is 1.42. The molecule has 3 heterocycles. The number of carbonyl (C=O) groups excluding carboxylic acids is 1. The SMILES string of the molecule is Cn1cc(-c2ncc(C(=O)N3CCC[C@@H](N)C3)s2)cn1. The first-order valence-electron chi connectivity index (χ1n) is 6.63. The van der Waals surface area contributed by atoms with Crippen LogP contribution in [0.4, 0.5) is 0 Å². The molecule has 1 aliphatic rings. The Hall–Kier alpha value is -1.73. The number of nitrogens with zero attached hydrogens (tertiary/aromatic N) is 4. The van der Waals surface area contributed by atoms with Crippen LogP contribution in [0, 0.1) is 0 Å². The molecular weight excluding hydrogens is 274 g/mol. The monoisotopic (exact) mass is 291 g/mol. The van der Waals surface area contributed by atoms with Crippen LogP contribution in [0.5, 0.6) is 0 Å². The fourth-order valence-electron chi connectivity index (χ4n) is 2.39. The lowest BCUT2D eigenvalue weighted by molar-refractivity contribution is 0.0713. The zero-order chi connectivity index (χ0) is 14.1. The third-order valence-corrected chi connectivity index (χ3v) is 4.45. The van der Waals surface area contributed by atoms with Crippen LogP contribution in [0.1, 0.15) is 22.5 Å². The minimum Gasteiger partial charge on any atom is -0.336 e. The van der Waals surface area contributed by atoms with Crippen molar-refractivity contribution in [1.29, 1.82) is 0 Å². The summed E-state index contributed by atoms with van der Waals surface area (Å²) in [5, 5.41) is 4.94. The van der Waals surface area contributed by atoms with Gasteiger partial charge < -0.3 is 10.6 Å². The van der Waals surface area contributed by atoms with Crippen molar-refractivity contribution >= 4 is 17.2 Å². The Morgan fingerprint density at radius 1 is 1.50 bits per heavy atom. The Bertz CT molecular complexity index is 620. The predicted molar refractivity (Wildman–Crippen MR) is 77.4 cm³/mol. The number of piperidine rings is 1. The first kappa shape index (κ1) is 13.3. The zero-order valence-electron chi connectivity index (χ0n) is 11.3. The van der Waals surface area contributed by atoms with Gasteiger partial charge in [0.15, 0.2) is 0 Å². The van der Waals surface area contributed by atoms with Gasteiger partial charge in [0.05, 0.1) is 12.4 Å². The summed E-state index contributed by atoms with van der Waals surface area (Å²) in [5.41, 5.74) is 6.86. The minimum absolute atomic E-state index is 0.0350. The third-order valence-electron chi connectivity index (χ3n) is 3.41. The quantitative estimate of drug-likeness (QED) is 0.899. The molecule has 0 saturated carbocycles. The molecule has 0 aromatic carbocycles. The van der Waals surface area contributed by atoms with Gasteiger partial charge in [-0.15, -0.1) is 11.3 Å². The van der Waals surface area contributed by atoms with E-state index in [9.17, 15) is 4.79 Å². The average Bonchev–Trinajstić information content (AvgIpc) is 3.06. The van der Waals surface area contributed by atoms with E-state index in [2.05, 4.69) is 10.1 Å². The molecule has 0 spiro atoms. The van der Waals surface area contributed by atoms with E-state index >= 15 is 0 Å². The topological polar surface area (TPSA) is 77.0 Å². The van der Waals surface area contributed by atoms with Crippen molar-refractivity contribution in [3.8, 4) is 10.6 Å². The molecule has 1 saturated heterocycles. The number of carbonyl (C=O) groups is 1. The molecule has 106 valence electrons. The van der Waals surface area contributed by atoms with Gasteiger partial charge in [-0.05, 0) is 12.8 Å². The lowest BCUT2D eigenvalue weighted by Gasteiger charge is -2.30. The standard InChI is InChI=1S/C13H17N5OS/c1-17-7-9(5-16-17)12-15-6-11(20-12)13(19)18-4-2-3-10(14)8-18/h5-7,10H,2-4,8,14H2,1H3/t10-/m1/s1. The fourth-order valence-corrected chi connectivity index (χ4v) is 3.25. The number of aryl methyl sites for hydroxylation is 1. The van der Waals surface area contributed by atoms with E-state index in [1.807, 2.05) is 18.1 Å². The Morgan fingerprint density at radius 3 is 3.05 bits per heavy atom. The van der Waals surface area contributed by atoms with Crippen molar-refractivity contribution in [2.75, 3.05) is 13.1 Å². The van der Waals surface area contributed by atoms with Gasteiger partial charge in [-0.2, -0.15) is 5.10 Å². The fraction of sp³-hybridized carbons (Fsp3) is 0.462. The van der Waals surface area contributed by atoms with Crippen molar-refractivity contribution < 1.29 is 4.79 Å². The van der Waals surface area contributed by atoms with Crippen LogP contribution in [-0.4, -0.2) is 44.7 Å². The largest absolute Gasteiger partial charge is 0.336 e. The maximum absolute atomic E-state index is 12.4. The molecular formula is C13H17N5OS. The van der Waals surface area contributed by atoms with E-state index in [1.165, 1.54) is 11.3 Å². The molecule has 20 heavy (non-hydrogen) atoms. The van der Waals surface area contributed by atoms with Gasteiger partial charge in [0, 0.05) is 37.9 Å². The summed E-state index contributed by atoms with van der Waals surface area (Å²) < 4.78 is 1.72. The van der Waals surface area contributed by atoms with E-state index in [4.69, 9.17) is 5.73 Å². The molecule has 0 radical (unpaired) electrons. The highest BCUT2D eigenvalue weighted by Crippen LogP contribution is 2.26.